The van der Waals surface area contributed by atoms with E-state index in [9.17, 15) is 0 Å². The van der Waals surface area contributed by atoms with Crippen LogP contribution in [0.2, 0.25) is 0 Å². The Bertz CT molecular complexity index is 39.1. The van der Waals surface area contributed by atoms with E-state index >= 15 is 0 Å². The molecule has 0 aliphatic rings. The summed E-state index contributed by atoms with van der Waals surface area (Å²) in [6, 6.07) is 0. The van der Waals surface area contributed by atoms with Gasteiger partial charge in [-0.25, -0.2) is 0 Å². The first-order valence-electron chi connectivity index (χ1n) is 2.64. The van der Waals surface area contributed by atoms with Crippen molar-refractivity contribution in [3.63, 3.8) is 0 Å². The van der Waals surface area contributed by atoms with Gasteiger partial charge in [0.1, 0.15) is 0 Å². The fraction of sp³-hybridized carbons (Fsp3) is 1.00. The maximum absolute atomic E-state index is 5.63. The second kappa shape index (κ2) is 4.84. The molecule has 0 aromatic carbocycles. The average molecular weight is 214 g/mol. The first-order chi connectivity index (χ1) is 3.31. The van der Waals surface area contributed by atoms with Crippen LogP contribution in [0.1, 0.15) is 20.3 Å². The molecule has 0 rings (SSSR count). The molecule has 0 saturated carbocycles. The monoisotopic (exact) mass is 214 g/mol. The Kier molecular flexibility index (Phi) is 5.32. The molecule has 0 aliphatic heterocycles. The molecule has 0 heterocycles. The van der Waals surface area contributed by atoms with Crippen molar-refractivity contribution < 1.29 is 21.2 Å². The topological polar surface area (TPSA) is 26.0 Å². The zero-order valence-electron chi connectivity index (χ0n) is 4.95. The van der Waals surface area contributed by atoms with E-state index in [1.165, 1.54) is 10.8 Å². The minimum atomic E-state index is 0.343. The standard InChI is InChI=1S/C5H13IN/c1-3-5(7)6-4-2/h5H,3-4,7H2,1-2H3/q-1. The van der Waals surface area contributed by atoms with E-state index in [2.05, 4.69) is 13.8 Å². The number of nitrogens with two attached hydrogens (primary N) is 1. The zero-order chi connectivity index (χ0) is 5.70. The molecule has 0 radical (unpaired) electrons. The van der Waals surface area contributed by atoms with Crippen LogP contribution in [0.25, 0.3) is 0 Å². The van der Waals surface area contributed by atoms with Crippen LogP contribution in [0.3, 0.4) is 0 Å². The quantitative estimate of drug-likeness (QED) is 0.322. The molecule has 0 saturated heterocycles. The van der Waals surface area contributed by atoms with Gasteiger partial charge in [-0.15, -0.1) is 0 Å². The maximum atomic E-state index is 5.63. The molecular formula is C5H13IN-. The van der Waals surface area contributed by atoms with Crippen molar-refractivity contribution in [2.75, 3.05) is 4.43 Å². The van der Waals surface area contributed by atoms with Crippen molar-refractivity contribution in [1.29, 1.82) is 0 Å². The fourth-order valence-corrected chi connectivity index (χ4v) is 2.06. The molecule has 2 N–H and O–H groups in total. The summed E-state index contributed by atoms with van der Waals surface area (Å²) in [5, 5.41) is 0. The molecule has 0 aromatic rings. The summed E-state index contributed by atoms with van der Waals surface area (Å²) in [6.07, 6.45) is 1.17. The van der Waals surface area contributed by atoms with Crippen LogP contribution in [0, 0.1) is 0 Å². The van der Waals surface area contributed by atoms with E-state index in [1.54, 1.807) is 0 Å². The van der Waals surface area contributed by atoms with E-state index in [4.69, 9.17) is 5.73 Å². The Morgan fingerprint density at radius 2 is 2.14 bits per heavy atom. The molecule has 0 fully saturated rings. The Morgan fingerprint density at radius 3 is 2.29 bits per heavy atom. The van der Waals surface area contributed by atoms with Gasteiger partial charge < -0.3 is 0 Å². The van der Waals surface area contributed by atoms with Crippen molar-refractivity contribution in [2.24, 2.45) is 5.73 Å². The SMILES string of the molecule is CC[I-]C(N)CC. The van der Waals surface area contributed by atoms with Crippen LogP contribution in [-0.4, -0.2) is 8.48 Å². The van der Waals surface area contributed by atoms with E-state index < -0.39 is 0 Å². The summed E-state index contributed by atoms with van der Waals surface area (Å²) in [4.78, 5) is 0. The molecule has 0 spiro atoms. The average Bonchev–Trinajstić information content (AvgIpc) is 1.68. The number of hydrogen-bond donors (Lipinski definition) is 1. The van der Waals surface area contributed by atoms with Gasteiger partial charge in [0.25, 0.3) is 0 Å². The summed E-state index contributed by atoms with van der Waals surface area (Å²) >= 11 is 0.343. The van der Waals surface area contributed by atoms with Crippen LogP contribution in [0.4, 0.5) is 0 Å². The third kappa shape index (κ3) is 4.55. The van der Waals surface area contributed by atoms with E-state index in [0.717, 1.165) is 0 Å². The number of halogens is 1. The van der Waals surface area contributed by atoms with Crippen molar-refractivity contribution in [3.05, 3.63) is 0 Å². The van der Waals surface area contributed by atoms with Gasteiger partial charge in [0, 0.05) is 0 Å². The summed E-state index contributed by atoms with van der Waals surface area (Å²) < 4.78 is 1.89. The van der Waals surface area contributed by atoms with Crippen LogP contribution in [-0.2, 0) is 0 Å². The molecule has 7 heavy (non-hydrogen) atoms. The van der Waals surface area contributed by atoms with Crippen molar-refractivity contribution in [3.8, 4) is 0 Å². The summed E-state index contributed by atoms with van der Waals surface area (Å²) in [7, 11) is 0. The fourth-order valence-electron chi connectivity index (χ4n) is 0.307. The van der Waals surface area contributed by atoms with E-state index in [1.807, 2.05) is 0 Å². The third-order valence-electron chi connectivity index (χ3n) is 0.743. The van der Waals surface area contributed by atoms with E-state index in [0.29, 0.717) is 25.3 Å². The van der Waals surface area contributed by atoms with Gasteiger partial charge in [-0.2, -0.15) is 0 Å². The molecule has 2 heteroatoms. The number of rotatable bonds is 3. The van der Waals surface area contributed by atoms with Crippen molar-refractivity contribution in [1.82, 2.24) is 0 Å². The minimum absolute atomic E-state index is 0.343. The predicted octanol–water partition coefficient (Wildman–Crippen LogP) is -2.21. The van der Waals surface area contributed by atoms with Crippen LogP contribution < -0.4 is 26.9 Å². The van der Waals surface area contributed by atoms with Gasteiger partial charge >= 0.3 is 55.7 Å². The second-order valence-electron chi connectivity index (χ2n) is 1.35. The molecule has 1 nitrogen and oxygen atoms in total. The first kappa shape index (κ1) is 7.69. The Hall–Kier alpha value is 0.690. The summed E-state index contributed by atoms with van der Waals surface area (Å²) in [6.45, 7) is 4.36. The Labute approximate surface area is 55.9 Å². The van der Waals surface area contributed by atoms with Gasteiger partial charge in [-0.05, 0) is 0 Å². The molecule has 0 bridgehead atoms. The molecule has 1 atom stereocenters. The van der Waals surface area contributed by atoms with Gasteiger partial charge in [-0.3, -0.25) is 0 Å². The third-order valence-corrected chi connectivity index (χ3v) is 3.64. The van der Waals surface area contributed by atoms with Gasteiger partial charge in [0.05, 0.1) is 0 Å². The Morgan fingerprint density at radius 1 is 1.57 bits per heavy atom. The number of hydrogen-bond acceptors (Lipinski definition) is 1. The normalized spacial score (nSPS) is 14.7. The van der Waals surface area contributed by atoms with Crippen LogP contribution in [0.15, 0.2) is 0 Å². The predicted molar refractivity (Wildman–Crippen MR) is 28.8 cm³/mol. The molecule has 0 amide bonds. The summed E-state index contributed by atoms with van der Waals surface area (Å²) in [5.41, 5.74) is 5.63. The van der Waals surface area contributed by atoms with Crippen LogP contribution in [0.5, 0.6) is 0 Å². The van der Waals surface area contributed by atoms with Gasteiger partial charge in [0.15, 0.2) is 0 Å². The molecular weight excluding hydrogens is 201 g/mol. The van der Waals surface area contributed by atoms with Crippen LogP contribution >= 0.6 is 0 Å². The van der Waals surface area contributed by atoms with Crippen molar-refractivity contribution >= 4 is 0 Å². The number of alkyl halides is 2. The zero-order valence-corrected chi connectivity index (χ0v) is 7.10. The molecule has 1 unspecified atom stereocenters. The molecule has 0 aromatic heterocycles. The summed E-state index contributed by atoms with van der Waals surface area (Å²) in [5.74, 6) is 0. The second-order valence-corrected chi connectivity index (χ2v) is 5.35. The van der Waals surface area contributed by atoms with E-state index in [-0.39, 0.29) is 0 Å². The Balaban J connectivity index is 2.83. The first-order valence-corrected chi connectivity index (χ1v) is 5.41. The van der Waals surface area contributed by atoms with Crippen molar-refractivity contribution in [2.45, 2.75) is 24.3 Å². The molecule has 0 aliphatic carbocycles. The molecule has 46 valence electrons. The van der Waals surface area contributed by atoms with Gasteiger partial charge in [0.2, 0.25) is 0 Å². The van der Waals surface area contributed by atoms with Gasteiger partial charge in [-0.1, -0.05) is 0 Å².